The largest absolute Gasteiger partial charge is 0.355 e. The molecule has 0 aromatic heterocycles. The summed E-state index contributed by atoms with van der Waals surface area (Å²) in [6, 6.07) is 27.7. The van der Waals surface area contributed by atoms with Crippen molar-refractivity contribution in [2.45, 2.75) is 19.3 Å². The van der Waals surface area contributed by atoms with Crippen LogP contribution in [0.25, 0.3) is 0 Å². The number of carbonyl (C=O) groups is 2. The molecule has 0 spiro atoms. The van der Waals surface area contributed by atoms with Crippen LogP contribution in [0.5, 0.6) is 0 Å². The second-order valence-corrected chi connectivity index (χ2v) is 8.05. The van der Waals surface area contributed by atoms with Gasteiger partial charge in [0, 0.05) is 38.3 Å². The molecule has 1 fully saturated rings. The highest BCUT2D eigenvalue weighted by atomic mass is 16.2. The van der Waals surface area contributed by atoms with Gasteiger partial charge < -0.3 is 15.1 Å². The number of piperazine rings is 1. The van der Waals surface area contributed by atoms with Crippen LogP contribution in [-0.2, 0) is 11.2 Å². The number of hydrogen-bond acceptors (Lipinski definition) is 3. The third-order valence-corrected chi connectivity index (χ3v) is 5.83. The third-order valence-electron chi connectivity index (χ3n) is 5.83. The van der Waals surface area contributed by atoms with Gasteiger partial charge in [0.15, 0.2) is 0 Å². The molecule has 0 saturated carbocycles. The van der Waals surface area contributed by atoms with E-state index in [0.717, 1.165) is 24.2 Å². The van der Waals surface area contributed by atoms with Gasteiger partial charge in [-0.05, 0) is 42.7 Å². The first-order chi connectivity index (χ1) is 15.7. The van der Waals surface area contributed by atoms with Gasteiger partial charge in [-0.1, -0.05) is 60.7 Å². The van der Waals surface area contributed by atoms with Crippen molar-refractivity contribution in [3.8, 4) is 0 Å². The summed E-state index contributed by atoms with van der Waals surface area (Å²) in [4.78, 5) is 29.5. The lowest BCUT2D eigenvalue weighted by Crippen LogP contribution is -2.50. The molecule has 3 aromatic carbocycles. The van der Waals surface area contributed by atoms with Gasteiger partial charge in [0.2, 0.25) is 5.91 Å². The molecule has 0 unspecified atom stereocenters. The Bertz CT molecular complexity index is 1030. The van der Waals surface area contributed by atoms with Gasteiger partial charge in [-0.3, -0.25) is 9.59 Å². The van der Waals surface area contributed by atoms with E-state index in [1.807, 2.05) is 82.6 Å². The van der Waals surface area contributed by atoms with Crippen LogP contribution >= 0.6 is 0 Å². The highest BCUT2D eigenvalue weighted by molar-refractivity contribution is 6.00. The first kappa shape index (κ1) is 21.6. The van der Waals surface area contributed by atoms with E-state index in [0.29, 0.717) is 38.2 Å². The van der Waals surface area contributed by atoms with Crippen LogP contribution in [0.1, 0.15) is 28.8 Å². The van der Waals surface area contributed by atoms with E-state index in [2.05, 4.69) is 17.4 Å². The molecule has 1 N–H and O–H groups in total. The average Bonchev–Trinajstić information content (AvgIpc) is 2.85. The van der Waals surface area contributed by atoms with Crippen LogP contribution in [0.4, 0.5) is 11.4 Å². The van der Waals surface area contributed by atoms with Crippen LogP contribution in [0, 0.1) is 0 Å². The molecule has 164 valence electrons. The molecule has 1 heterocycles. The number of nitrogens with one attached hydrogen (secondary N) is 1. The van der Waals surface area contributed by atoms with Gasteiger partial charge >= 0.3 is 0 Å². The molecule has 0 aliphatic carbocycles. The quantitative estimate of drug-likeness (QED) is 0.593. The first-order valence-corrected chi connectivity index (χ1v) is 11.2. The van der Waals surface area contributed by atoms with Gasteiger partial charge in [-0.2, -0.15) is 0 Å². The molecule has 5 nitrogen and oxygen atoms in total. The summed E-state index contributed by atoms with van der Waals surface area (Å²) in [6.45, 7) is 2.29. The summed E-state index contributed by atoms with van der Waals surface area (Å²) >= 11 is 0. The molecule has 32 heavy (non-hydrogen) atoms. The Kier molecular flexibility index (Phi) is 7.18. The second-order valence-electron chi connectivity index (χ2n) is 8.05. The number of aryl methyl sites for hydroxylation is 1. The molecule has 4 rings (SSSR count). The standard InChI is InChI=1S/C27H29N3O2/c31-26(17-9-12-22-10-3-1-4-11-22)29-18-20-30(21-19-29)27(32)24-15-7-8-16-25(24)28-23-13-5-2-6-14-23/h1-8,10-11,13-16,28H,9,12,17-21H2. The van der Waals surface area contributed by atoms with E-state index in [9.17, 15) is 9.59 Å². The molecule has 1 saturated heterocycles. The maximum absolute atomic E-state index is 13.2. The Hall–Kier alpha value is -3.60. The third kappa shape index (κ3) is 5.55. The van der Waals surface area contributed by atoms with Crippen molar-refractivity contribution in [2.75, 3.05) is 31.5 Å². The van der Waals surface area contributed by atoms with E-state index < -0.39 is 0 Å². The zero-order valence-electron chi connectivity index (χ0n) is 18.2. The Morgan fingerprint density at radius 2 is 1.31 bits per heavy atom. The molecule has 3 aromatic rings. The number of anilines is 2. The molecule has 1 aliphatic heterocycles. The lowest BCUT2D eigenvalue weighted by atomic mass is 10.1. The molecule has 1 aliphatic rings. The van der Waals surface area contributed by atoms with E-state index in [4.69, 9.17) is 0 Å². The normalized spacial score (nSPS) is 13.6. The van der Waals surface area contributed by atoms with Crippen molar-refractivity contribution in [3.63, 3.8) is 0 Å². The van der Waals surface area contributed by atoms with E-state index >= 15 is 0 Å². The predicted octanol–water partition coefficient (Wildman–Crippen LogP) is 4.74. The average molecular weight is 428 g/mol. The monoisotopic (exact) mass is 427 g/mol. The lowest BCUT2D eigenvalue weighted by Gasteiger charge is -2.35. The molecule has 0 bridgehead atoms. The SMILES string of the molecule is O=C(CCCc1ccccc1)N1CCN(C(=O)c2ccccc2Nc2ccccc2)CC1. The minimum atomic E-state index is 0.000192. The number of carbonyl (C=O) groups excluding carboxylic acids is 2. The zero-order valence-corrected chi connectivity index (χ0v) is 18.2. The second kappa shape index (κ2) is 10.6. The maximum Gasteiger partial charge on any atom is 0.256 e. The van der Waals surface area contributed by atoms with Gasteiger partial charge in [0.1, 0.15) is 0 Å². The molecular formula is C27H29N3O2. The number of nitrogens with zero attached hydrogens (tertiary/aromatic N) is 2. The summed E-state index contributed by atoms with van der Waals surface area (Å²) in [5, 5.41) is 3.34. The van der Waals surface area contributed by atoms with Crippen molar-refractivity contribution in [1.29, 1.82) is 0 Å². The Morgan fingerprint density at radius 1 is 0.719 bits per heavy atom. The molecule has 0 atom stereocenters. The Labute approximate surface area is 189 Å². The minimum Gasteiger partial charge on any atom is -0.355 e. The summed E-state index contributed by atoms with van der Waals surface area (Å²) < 4.78 is 0. The zero-order chi connectivity index (χ0) is 22.2. The van der Waals surface area contributed by atoms with Crippen molar-refractivity contribution in [3.05, 3.63) is 96.1 Å². The van der Waals surface area contributed by atoms with Crippen molar-refractivity contribution < 1.29 is 9.59 Å². The summed E-state index contributed by atoms with van der Waals surface area (Å²) in [7, 11) is 0. The lowest BCUT2D eigenvalue weighted by molar-refractivity contribution is -0.132. The Balaban J connectivity index is 1.29. The van der Waals surface area contributed by atoms with E-state index in [1.165, 1.54) is 5.56 Å². The molecule has 5 heteroatoms. The number of para-hydroxylation sites is 2. The number of rotatable bonds is 7. The Morgan fingerprint density at radius 3 is 2.03 bits per heavy atom. The highest BCUT2D eigenvalue weighted by Crippen LogP contribution is 2.23. The van der Waals surface area contributed by atoms with Crippen LogP contribution in [0.2, 0.25) is 0 Å². The van der Waals surface area contributed by atoms with Gasteiger partial charge in [-0.15, -0.1) is 0 Å². The van der Waals surface area contributed by atoms with E-state index in [1.54, 1.807) is 0 Å². The molecule has 2 amide bonds. The number of benzene rings is 3. The fraction of sp³-hybridized carbons (Fsp3) is 0.259. The first-order valence-electron chi connectivity index (χ1n) is 11.2. The predicted molar refractivity (Wildman–Crippen MR) is 128 cm³/mol. The van der Waals surface area contributed by atoms with Gasteiger partial charge in [-0.25, -0.2) is 0 Å². The number of hydrogen-bond donors (Lipinski definition) is 1. The summed E-state index contributed by atoms with van der Waals surface area (Å²) in [5.74, 6) is 0.180. The maximum atomic E-state index is 13.2. The van der Waals surface area contributed by atoms with E-state index in [-0.39, 0.29) is 11.8 Å². The van der Waals surface area contributed by atoms with Crippen LogP contribution in [0.3, 0.4) is 0 Å². The summed E-state index contributed by atoms with van der Waals surface area (Å²) in [6.07, 6.45) is 2.31. The van der Waals surface area contributed by atoms with Gasteiger partial charge in [0.05, 0.1) is 11.3 Å². The van der Waals surface area contributed by atoms with Crippen molar-refractivity contribution in [1.82, 2.24) is 9.80 Å². The van der Waals surface area contributed by atoms with Crippen LogP contribution in [0.15, 0.2) is 84.9 Å². The highest BCUT2D eigenvalue weighted by Gasteiger charge is 2.25. The molecule has 0 radical (unpaired) electrons. The van der Waals surface area contributed by atoms with Crippen molar-refractivity contribution in [2.24, 2.45) is 0 Å². The van der Waals surface area contributed by atoms with Crippen molar-refractivity contribution >= 4 is 23.2 Å². The van der Waals surface area contributed by atoms with Crippen LogP contribution in [-0.4, -0.2) is 47.8 Å². The summed E-state index contributed by atoms with van der Waals surface area (Å²) in [5.41, 5.74) is 3.65. The topological polar surface area (TPSA) is 52.7 Å². The number of amides is 2. The molecular weight excluding hydrogens is 398 g/mol. The van der Waals surface area contributed by atoms with Crippen LogP contribution < -0.4 is 5.32 Å². The fourth-order valence-corrected chi connectivity index (χ4v) is 4.03. The fourth-order valence-electron chi connectivity index (χ4n) is 4.03. The smallest absolute Gasteiger partial charge is 0.256 e. The minimum absolute atomic E-state index is 0.000192. The van der Waals surface area contributed by atoms with Gasteiger partial charge in [0.25, 0.3) is 5.91 Å².